The van der Waals surface area contributed by atoms with E-state index in [1.165, 1.54) is 18.5 Å². The van der Waals surface area contributed by atoms with E-state index in [0.717, 1.165) is 11.1 Å². The largest absolute Gasteiger partial charge is 0.384 e. The van der Waals surface area contributed by atoms with Crippen LogP contribution in [0.15, 0.2) is 60.9 Å². The summed E-state index contributed by atoms with van der Waals surface area (Å²) in [5, 5.41) is 4.52. The second-order valence-electron chi connectivity index (χ2n) is 5.65. The summed E-state index contributed by atoms with van der Waals surface area (Å²) in [6.07, 6.45) is 1.37. The molecule has 5 nitrogen and oxygen atoms in total. The Hall–Kier alpha value is -3.25. The number of pyridine rings is 1. The van der Waals surface area contributed by atoms with Crippen molar-refractivity contribution in [2.24, 2.45) is 0 Å². The van der Waals surface area contributed by atoms with Crippen LogP contribution in [0, 0.1) is 5.82 Å². The van der Waals surface area contributed by atoms with E-state index in [1.54, 1.807) is 18.2 Å². The molecule has 4 aromatic rings. The smallest absolute Gasteiger partial charge is 0.135 e. The summed E-state index contributed by atoms with van der Waals surface area (Å²) >= 11 is 6.03. The number of nitrogen functional groups attached to an aromatic ring is 1. The first kappa shape index (κ1) is 16.2. The highest BCUT2D eigenvalue weighted by molar-refractivity contribution is 6.30. The number of rotatable bonds is 3. The molecule has 0 unspecified atom stereocenters. The van der Waals surface area contributed by atoms with Crippen LogP contribution in [0.2, 0.25) is 5.02 Å². The van der Waals surface area contributed by atoms with Crippen LogP contribution in [0.4, 0.5) is 21.7 Å². The normalized spacial score (nSPS) is 10.8. The summed E-state index contributed by atoms with van der Waals surface area (Å²) in [7, 11) is 0. The standard InChI is InChI=1S/C19H13ClFN5/c20-11-5-6-14(21)13(7-11)17-8-16(12-3-1-2-4-15(12)25-17)26-19-9-18(22)23-10-24-19/h1-10H,(H3,22,23,24,25,26). The quantitative estimate of drug-likeness (QED) is 0.544. The van der Waals surface area contributed by atoms with Gasteiger partial charge in [-0.3, -0.25) is 0 Å². The van der Waals surface area contributed by atoms with Gasteiger partial charge in [0.1, 0.15) is 23.8 Å². The van der Waals surface area contributed by atoms with E-state index >= 15 is 0 Å². The lowest BCUT2D eigenvalue weighted by atomic mass is 10.1. The van der Waals surface area contributed by atoms with E-state index in [-0.39, 0.29) is 0 Å². The minimum atomic E-state index is -0.394. The Balaban J connectivity index is 1.90. The van der Waals surface area contributed by atoms with Crippen LogP contribution in [-0.2, 0) is 0 Å². The van der Waals surface area contributed by atoms with Gasteiger partial charge in [0.25, 0.3) is 0 Å². The number of nitrogens with two attached hydrogens (primary N) is 1. The first-order valence-corrected chi connectivity index (χ1v) is 8.18. The van der Waals surface area contributed by atoms with Gasteiger partial charge in [-0.1, -0.05) is 29.8 Å². The molecule has 0 saturated carbocycles. The van der Waals surface area contributed by atoms with Crippen LogP contribution in [-0.4, -0.2) is 15.0 Å². The van der Waals surface area contributed by atoms with Gasteiger partial charge >= 0.3 is 0 Å². The predicted molar refractivity (Wildman–Crippen MR) is 102 cm³/mol. The second kappa shape index (κ2) is 6.57. The molecule has 26 heavy (non-hydrogen) atoms. The van der Waals surface area contributed by atoms with Gasteiger partial charge in [0.2, 0.25) is 0 Å². The molecule has 0 fully saturated rings. The summed E-state index contributed by atoms with van der Waals surface area (Å²) in [5.74, 6) is 0.489. The number of hydrogen-bond donors (Lipinski definition) is 2. The zero-order valence-corrected chi connectivity index (χ0v) is 14.2. The fourth-order valence-corrected chi connectivity index (χ4v) is 2.86. The zero-order valence-electron chi connectivity index (χ0n) is 13.4. The SMILES string of the molecule is Nc1cc(Nc2cc(-c3cc(Cl)ccc3F)nc3ccccc23)ncn1. The monoisotopic (exact) mass is 365 g/mol. The van der Waals surface area contributed by atoms with Crippen molar-refractivity contribution >= 4 is 39.8 Å². The molecule has 2 heterocycles. The van der Waals surface area contributed by atoms with Gasteiger partial charge in [-0.25, -0.2) is 19.3 Å². The Morgan fingerprint density at radius 3 is 2.69 bits per heavy atom. The highest BCUT2D eigenvalue weighted by atomic mass is 35.5. The van der Waals surface area contributed by atoms with E-state index in [2.05, 4.69) is 20.3 Å². The molecule has 0 aliphatic heterocycles. The number of benzene rings is 2. The highest BCUT2D eigenvalue weighted by Crippen LogP contribution is 2.32. The molecule has 0 saturated heterocycles. The van der Waals surface area contributed by atoms with Crippen LogP contribution in [0.25, 0.3) is 22.2 Å². The van der Waals surface area contributed by atoms with Crippen LogP contribution in [0.1, 0.15) is 0 Å². The molecule has 0 radical (unpaired) electrons. The van der Waals surface area contributed by atoms with Crippen molar-refractivity contribution in [2.75, 3.05) is 11.1 Å². The third-order valence-corrected chi connectivity index (χ3v) is 4.11. The molecular weight excluding hydrogens is 353 g/mol. The van der Waals surface area contributed by atoms with E-state index in [4.69, 9.17) is 17.3 Å². The molecule has 0 atom stereocenters. The summed E-state index contributed by atoms with van der Waals surface area (Å²) in [5.41, 5.74) is 7.95. The lowest BCUT2D eigenvalue weighted by Crippen LogP contribution is -1.99. The molecule has 0 aliphatic carbocycles. The van der Waals surface area contributed by atoms with Gasteiger partial charge < -0.3 is 11.1 Å². The Bertz CT molecular complexity index is 1120. The molecular formula is C19H13ClFN5. The lowest BCUT2D eigenvalue weighted by molar-refractivity contribution is 0.631. The number of nitrogens with zero attached hydrogens (tertiary/aromatic N) is 3. The van der Waals surface area contributed by atoms with Crippen molar-refractivity contribution in [1.82, 2.24) is 15.0 Å². The first-order chi connectivity index (χ1) is 12.6. The van der Waals surface area contributed by atoms with Crippen molar-refractivity contribution in [2.45, 2.75) is 0 Å². The van der Waals surface area contributed by atoms with Gasteiger partial charge in [0.05, 0.1) is 16.9 Å². The summed E-state index contributed by atoms with van der Waals surface area (Å²) in [6, 6.07) is 15.3. The summed E-state index contributed by atoms with van der Waals surface area (Å²) in [4.78, 5) is 12.6. The van der Waals surface area contributed by atoms with Crippen molar-refractivity contribution in [1.29, 1.82) is 0 Å². The van der Waals surface area contributed by atoms with Crippen molar-refractivity contribution < 1.29 is 4.39 Å². The maximum absolute atomic E-state index is 14.3. The van der Waals surface area contributed by atoms with Crippen LogP contribution < -0.4 is 11.1 Å². The molecule has 2 aromatic carbocycles. The van der Waals surface area contributed by atoms with Gasteiger partial charge in [-0.05, 0) is 30.3 Å². The lowest BCUT2D eigenvalue weighted by Gasteiger charge is -2.12. The van der Waals surface area contributed by atoms with Crippen LogP contribution >= 0.6 is 11.6 Å². The highest BCUT2D eigenvalue weighted by Gasteiger charge is 2.12. The van der Waals surface area contributed by atoms with Crippen molar-refractivity contribution in [3.63, 3.8) is 0 Å². The Kier molecular flexibility index (Phi) is 4.10. The third kappa shape index (κ3) is 3.14. The van der Waals surface area contributed by atoms with E-state index in [1.807, 2.05) is 24.3 Å². The number of nitrogens with one attached hydrogen (secondary N) is 1. The third-order valence-electron chi connectivity index (χ3n) is 3.87. The van der Waals surface area contributed by atoms with E-state index in [0.29, 0.717) is 33.4 Å². The Morgan fingerprint density at radius 2 is 1.85 bits per heavy atom. The Labute approximate surface area is 153 Å². The van der Waals surface area contributed by atoms with Gasteiger partial charge in [-0.15, -0.1) is 0 Å². The number of hydrogen-bond acceptors (Lipinski definition) is 5. The maximum Gasteiger partial charge on any atom is 0.135 e. The zero-order chi connectivity index (χ0) is 18.1. The first-order valence-electron chi connectivity index (χ1n) is 7.80. The van der Waals surface area contributed by atoms with Gasteiger partial charge in [-0.2, -0.15) is 0 Å². The summed E-state index contributed by atoms with van der Waals surface area (Å²) in [6.45, 7) is 0. The van der Waals surface area contributed by atoms with Crippen molar-refractivity contribution in [3.8, 4) is 11.3 Å². The molecule has 0 amide bonds. The number of fused-ring (bicyclic) bond motifs is 1. The Morgan fingerprint density at radius 1 is 1.00 bits per heavy atom. The summed E-state index contributed by atoms with van der Waals surface area (Å²) < 4.78 is 14.3. The average Bonchev–Trinajstić information content (AvgIpc) is 2.64. The topological polar surface area (TPSA) is 76.7 Å². The maximum atomic E-state index is 14.3. The van der Waals surface area contributed by atoms with Gasteiger partial charge in [0, 0.05) is 22.0 Å². The number of halogens is 2. The molecule has 2 aromatic heterocycles. The average molecular weight is 366 g/mol. The molecule has 4 rings (SSSR count). The van der Waals surface area contributed by atoms with Crippen LogP contribution in [0.3, 0.4) is 0 Å². The second-order valence-corrected chi connectivity index (χ2v) is 6.09. The van der Waals surface area contributed by atoms with E-state index in [9.17, 15) is 4.39 Å². The van der Waals surface area contributed by atoms with Crippen molar-refractivity contribution in [3.05, 3.63) is 71.8 Å². The molecule has 7 heteroatoms. The minimum absolute atomic E-state index is 0.327. The molecule has 0 bridgehead atoms. The fraction of sp³-hybridized carbons (Fsp3) is 0. The fourth-order valence-electron chi connectivity index (χ4n) is 2.69. The molecule has 0 spiro atoms. The van der Waals surface area contributed by atoms with Gasteiger partial charge in [0.15, 0.2) is 0 Å². The molecule has 0 aliphatic rings. The van der Waals surface area contributed by atoms with E-state index < -0.39 is 5.82 Å². The predicted octanol–water partition coefficient (Wildman–Crippen LogP) is 4.81. The molecule has 128 valence electrons. The minimum Gasteiger partial charge on any atom is -0.384 e. The van der Waals surface area contributed by atoms with Crippen LogP contribution in [0.5, 0.6) is 0 Å². The number of anilines is 3. The molecule has 3 N–H and O–H groups in total. The number of para-hydroxylation sites is 1. The number of aromatic nitrogens is 3.